The standard InChI is InChI=1S/C15H29N5O15P2/c1-6(18-13(24)8(16)3-21)11(22)17-7(2)12(23)19-9(4-34-36(28,29)30)14(25)20-10(15(26)27)5-35-37(31,32)33/h6-10,21H,3-5,16H2,1-2H3,(H,17,22)(H,18,24)(H,19,23)(H,20,25)(H,26,27)(H2,28,29,30)(H2,31,32,33)/t6-,7-,8-,9-,10-/m0/s1. The molecule has 20 nitrogen and oxygen atoms in total. The first-order valence-corrected chi connectivity index (χ1v) is 13.0. The third-order valence-corrected chi connectivity index (χ3v) is 5.07. The largest absolute Gasteiger partial charge is 0.480 e. The number of aliphatic hydroxyl groups excluding tert-OH is 1. The number of nitrogens with one attached hydrogen (secondary N) is 4. The van der Waals surface area contributed by atoms with Gasteiger partial charge in [0, 0.05) is 0 Å². The maximum absolute atomic E-state index is 12.5. The van der Waals surface area contributed by atoms with Crippen molar-refractivity contribution in [2.45, 2.75) is 44.1 Å². The normalized spacial score (nSPS) is 15.9. The Labute approximate surface area is 208 Å². The first kappa shape index (κ1) is 34.5. The van der Waals surface area contributed by atoms with Crippen LogP contribution in [0, 0.1) is 0 Å². The smallest absolute Gasteiger partial charge is 0.469 e. The molecule has 37 heavy (non-hydrogen) atoms. The molecule has 0 bridgehead atoms. The number of carbonyl (C=O) groups is 5. The molecule has 0 aromatic carbocycles. The molecule has 214 valence electrons. The number of amides is 4. The summed E-state index contributed by atoms with van der Waals surface area (Å²) < 4.78 is 30.0. The zero-order valence-electron chi connectivity index (χ0n) is 19.3. The van der Waals surface area contributed by atoms with Gasteiger partial charge in [0.05, 0.1) is 19.8 Å². The summed E-state index contributed by atoms with van der Waals surface area (Å²) in [5.41, 5.74) is 5.30. The molecular weight excluding hydrogens is 552 g/mol. The minimum Gasteiger partial charge on any atom is -0.480 e. The Morgan fingerprint density at radius 1 is 0.730 bits per heavy atom. The maximum Gasteiger partial charge on any atom is 0.469 e. The fourth-order valence-corrected chi connectivity index (χ4v) is 2.83. The van der Waals surface area contributed by atoms with Crippen molar-refractivity contribution >= 4 is 45.2 Å². The molecule has 0 aliphatic rings. The van der Waals surface area contributed by atoms with Crippen molar-refractivity contribution in [3.63, 3.8) is 0 Å². The minimum absolute atomic E-state index is 0.701. The van der Waals surface area contributed by atoms with Gasteiger partial charge >= 0.3 is 21.6 Å². The van der Waals surface area contributed by atoms with Gasteiger partial charge in [-0.3, -0.25) is 28.2 Å². The van der Waals surface area contributed by atoms with Gasteiger partial charge in [0.2, 0.25) is 23.6 Å². The van der Waals surface area contributed by atoms with E-state index in [1.165, 1.54) is 6.92 Å². The molecule has 0 saturated carbocycles. The molecule has 0 saturated heterocycles. The van der Waals surface area contributed by atoms with E-state index in [2.05, 4.69) is 19.7 Å². The molecule has 0 radical (unpaired) electrons. The Morgan fingerprint density at radius 3 is 1.51 bits per heavy atom. The zero-order valence-corrected chi connectivity index (χ0v) is 21.1. The molecule has 12 N–H and O–H groups in total. The van der Waals surface area contributed by atoms with Crippen LogP contribution in [0.1, 0.15) is 13.8 Å². The summed E-state index contributed by atoms with van der Waals surface area (Å²) in [5.74, 6) is -6.15. The summed E-state index contributed by atoms with van der Waals surface area (Å²) in [4.78, 5) is 95.1. The lowest BCUT2D eigenvalue weighted by Gasteiger charge is -2.24. The van der Waals surface area contributed by atoms with E-state index in [9.17, 15) is 33.1 Å². The second-order valence-corrected chi connectivity index (χ2v) is 9.76. The van der Waals surface area contributed by atoms with Gasteiger partial charge in [-0.2, -0.15) is 0 Å². The molecule has 4 amide bonds. The van der Waals surface area contributed by atoms with Crippen molar-refractivity contribution in [2.24, 2.45) is 5.73 Å². The summed E-state index contributed by atoms with van der Waals surface area (Å²) in [5, 5.41) is 26.0. The van der Waals surface area contributed by atoms with Crippen LogP contribution in [-0.4, -0.2) is 109 Å². The third kappa shape index (κ3) is 14.7. The number of nitrogens with two attached hydrogens (primary N) is 1. The van der Waals surface area contributed by atoms with E-state index in [4.69, 9.17) is 35.5 Å². The molecule has 22 heteroatoms. The average Bonchev–Trinajstić information content (AvgIpc) is 2.76. The molecule has 0 rings (SSSR count). The molecule has 5 atom stereocenters. The van der Waals surface area contributed by atoms with E-state index in [0.29, 0.717) is 0 Å². The Morgan fingerprint density at radius 2 is 1.11 bits per heavy atom. The van der Waals surface area contributed by atoms with Crippen molar-refractivity contribution in [2.75, 3.05) is 19.8 Å². The summed E-state index contributed by atoms with van der Waals surface area (Å²) in [6.45, 7) is -0.778. The number of carbonyl (C=O) groups excluding carboxylic acids is 4. The number of hydrogen-bond donors (Lipinski definition) is 11. The second kappa shape index (κ2) is 15.0. The topological polar surface area (TPSA) is 333 Å². The monoisotopic (exact) mass is 581 g/mol. The summed E-state index contributed by atoms with van der Waals surface area (Å²) in [7, 11) is -10.3. The predicted molar refractivity (Wildman–Crippen MR) is 118 cm³/mol. The first-order chi connectivity index (χ1) is 16.8. The van der Waals surface area contributed by atoms with E-state index >= 15 is 0 Å². The SMILES string of the molecule is C[C@H](NC(=O)[C@H](C)NC(=O)[C@@H](N)CO)C(=O)N[C@@H](COP(=O)(O)O)C(=O)N[C@@H](COP(=O)(O)O)C(=O)O. The summed E-state index contributed by atoms with van der Waals surface area (Å²) in [6, 6.07) is -8.02. The molecular formula is C15H29N5O15P2. The van der Waals surface area contributed by atoms with Gasteiger partial charge in [-0.05, 0) is 13.8 Å². The highest BCUT2D eigenvalue weighted by Crippen LogP contribution is 2.36. The minimum atomic E-state index is -5.19. The number of rotatable bonds is 16. The van der Waals surface area contributed by atoms with Crippen molar-refractivity contribution in [1.29, 1.82) is 0 Å². The molecule has 0 unspecified atom stereocenters. The number of aliphatic hydroxyl groups is 1. The highest BCUT2D eigenvalue weighted by atomic mass is 31.2. The summed E-state index contributed by atoms with van der Waals surface area (Å²) in [6.07, 6.45) is 0. The number of hydrogen-bond acceptors (Lipinski definition) is 11. The van der Waals surface area contributed by atoms with Crippen LogP contribution in [0.3, 0.4) is 0 Å². The van der Waals surface area contributed by atoms with E-state index in [0.717, 1.165) is 6.92 Å². The van der Waals surface area contributed by atoms with Crippen molar-refractivity contribution in [3.8, 4) is 0 Å². The average molecular weight is 581 g/mol. The predicted octanol–water partition coefficient (Wildman–Crippen LogP) is -5.41. The fourth-order valence-electron chi connectivity index (χ4n) is 2.14. The van der Waals surface area contributed by atoms with Crippen LogP contribution in [0.25, 0.3) is 0 Å². The second-order valence-electron chi connectivity index (χ2n) is 7.28. The Bertz CT molecular complexity index is 937. The number of carboxylic acids is 1. The highest BCUT2D eigenvalue weighted by molar-refractivity contribution is 7.46. The molecule has 0 spiro atoms. The third-order valence-electron chi connectivity index (χ3n) is 4.10. The van der Waals surface area contributed by atoms with E-state index in [1.807, 2.05) is 5.32 Å². The lowest BCUT2D eigenvalue weighted by molar-refractivity contribution is -0.143. The van der Waals surface area contributed by atoms with Crippen molar-refractivity contribution in [1.82, 2.24) is 21.3 Å². The van der Waals surface area contributed by atoms with Crippen LogP contribution < -0.4 is 27.0 Å². The van der Waals surface area contributed by atoms with Crippen molar-refractivity contribution < 1.29 is 71.9 Å². The van der Waals surface area contributed by atoms with Gasteiger partial charge in [-0.25, -0.2) is 13.9 Å². The zero-order chi connectivity index (χ0) is 29.1. The molecule has 0 aromatic heterocycles. The fraction of sp³-hybridized carbons (Fsp3) is 0.667. The van der Waals surface area contributed by atoms with Gasteiger partial charge in [0.1, 0.15) is 24.2 Å². The number of phosphoric acid groups is 2. The van der Waals surface area contributed by atoms with E-state index in [1.54, 1.807) is 5.32 Å². The molecule has 0 fully saturated rings. The van der Waals surface area contributed by atoms with Gasteiger partial charge < -0.3 is 56.8 Å². The van der Waals surface area contributed by atoms with Crippen LogP contribution in [0.5, 0.6) is 0 Å². The van der Waals surface area contributed by atoms with Crippen molar-refractivity contribution in [3.05, 3.63) is 0 Å². The maximum atomic E-state index is 12.5. The van der Waals surface area contributed by atoms with E-state index in [-0.39, 0.29) is 0 Å². The van der Waals surface area contributed by atoms with Gasteiger partial charge in [-0.15, -0.1) is 0 Å². The first-order valence-electron chi connectivity index (χ1n) is 9.98. The number of phosphoric ester groups is 2. The van der Waals surface area contributed by atoms with Gasteiger partial charge in [0.15, 0.2) is 6.04 Å². The lowest BCUT2D eigenvalue weighted by atomic mass is 10.2. The highest BCUT2D eigenvalue weighted by Gasteiger charge is 2.32. The van der Waals surface area contributed by atoms with Crippen LogP contribution in [0.2, 0.25) is 0 Å². The van der Waals surface area contributed by atoms with Crippen LogP contribution in [-0.2, 0) is 42.2 Å². The molecule has 0 aromatic rings. The Kier molecular flexibility index (Phi) is 14.0. The number of carboxylic acid groups (broad SMARTS) is 1. The van der Waals surface area contributed by atoms with Crippen LogP contribution in [0.4, 0.5) is 0 Å². The van der Waals surface area contributed by atoms with Gasteiger partial charge in [0.25, 0.3) is 0 Å². The summed E-state index contributed by atoms with van der Waals surface area (Å²) >= 11 is 0. The molecule has 0 heterocycles. The lowest BCUT2D eigenvalue weighted by Crippen LogP contribution is -2.58. The van der Waals surface area contributed by atoms with E-state index < -0.39 is 95.3 Å². The van der Waals surface area contributed by atoms with Crippen LogP contribution in [0.15, 0.2) is 0 Å². The van der Waals surface area contributed by atoms with Gasteiger partial charge in [-0.1, -0.05) is 0 Å². The number of aliphatic carboxylic acids is 1. The Hall–Kier alpha value is -2.51. The van der Waals surface area contributed by atoms with Crippen LogP contribution >= 0.6 is 15.6 Å². The Balaban J connectivity index is 5.39. The molecule has 0 aliphatic carbocycles. The molecule has 0 aliphatic heterocycles. The quantitative estimate of drug-likeness (QED) is 0.0757.